The highest BCUT2D eigenvalue weighted by Crippen LogP contribution is 2.36. The van der Waals surface area contributed by atoms with Gasteiger partial charge in [-0.1, -0.05) is 19.9 Å². The molecular formula is C15H16FN2O4P. The maximum atomic E-state index is 14.0. The molecule has 8 heteroatoms. The van der Waals surface area contributed by atoms with Crippen molar-refractivity contribution in [1.29, 1.82) is 0 Å². The molecule has 122 valence electrons. The third-order valence-electron chi connectivity index (χ3n) is 3.38. The van der Waals surface area contributed by atoms with Crippen LogP contribution >= 0.6 is 7.60 Å². The highest BCUT2D eigenvalue weighted by Gasteiger charge is 2.25. The van der Waals surface area contributed by atoms with Crippen molar-refractivity contribution in [2.45, 2.75) is 20.4 Å². The molecule has 2 aromatic heterocycles. The van der Waals surface area contributed by atoms with E-state index in [1.165, 1.54) is 18.2 Å². The van der Waals surface area contributed by atoms with Crippen molar-refractivity contribution in [3.8, 4) is 11.6 Å². The highest BCUT2D eigenvalue weighted by molar-refractivity contribution is 7.59. The molecule has 0 bridgehead atoms. The molecule has 3 rings (SSSR count). The monoisotopic (exact) mass is 338 g/mol. The maximum absolute atomic E-state index is 14.0. The van der Waals surface area contributed by atoms with E-state index >= 15 is 0 Å². The first-order valence-electron chi connectivity index (χ1n) is 7.08. The van der Waals surface area contributed by atoms with Crippen LogP contribution in [0, 0.1) is 11.7 Å². The van der Waals surface area contributed by atoms with Crippen LogP contribution in [0.1, 0.15) is 13.8 Å². The Morgan fingerprint density at radius 2 is 2.04 bits per heavy atom. The summed E-state index contributed by atoms with van der Waals surface area (Å²) in [5, 5.41) is 0. The standard InChI is InChI=1S/C15H16FN2O4P/c1-9(2)8-18-11-5-3-4-10(16)14(11)17-15(18)12-6-7-13(22-12)23(19,20)21/h3-7,9H,8H2,1-2H3,(H2,19,20,21). The predicted molar refractivity (Wildman–Crippen MR) is 83.9 cm³/mol. The lowest BCUT2D eigenvalue weighted by atomic mass is 10.2. The van der Waals surface area contributed by atoms with Gasteiger partial charge in [-0.25, -0.2) is 9.37 Å². The van der Waals surface area contributed by atoms with Crippen molar-refractivity contribution < 1.29 is 23.2 Å². The zero-order valence-electron chi connectivity index (χ0n) is 12.6. The summed E-state index contributed by atoms with van der Waals surface area (Å²) in [6.45, 7) is 4.59. The van der Waals surface area contributed by atoms with Crippen LogP contribution in [-0.4, -0.2) is 19.3 Å². The minimum Gasteiger partial charge on any atom is -0.445 e. The van der Waals surface area contributed by atoms with Crippen LogP contribution in [0.5, 0.6) is 0 Å². The fraction of sp³-hybridized carbons (Fsp3) is 0.267. The van der Waals surface area contributed by atoms with Crippen LogP contribution < -0.4 is 5.50 Å². The number of furan rings is 1. The molecular weight excluding hydrogens is 322 g/mol. The number of fused-ring (bicyclic) bond motifs is 1. The molecule has 3 aromatic rings. The van der Waals surface area contributed by atoms with Crippen LogP contribution in [0.2, 0.25) is 0 Å². The summed E-state index contributed by atoms with van der Waals surface area (Å²) in [6, 6.07) is 7.32. The Morgan fingerprint density at radius 1 is 1.30 bits per heavy atom. The second-order valence-electron chi connectivity index (χ2n) is 5.73. The average Bonchev–Trinajstić information content (AvgIpc) is 3.04. The first kappa shape index (κ1) is 15.9. The Balaban J connectivity index is 2.22. The summed E-state index contributed by atoms with van der Waals surface area (Å²) in [5.41, 5.74) is 0.385. The molecule has 6 nitrogen and oxygen atoms in total. The van der Waals surface area contributed by atoms with Crippen LogP contribution in [0.25, 0.3) is 22.6 Å². The number of halogens is 1. The van der Waals surface area contributed by atoms with Crippen molar-refractivity contribution in [3.05, 3.63) is 36.1 Å². The van der Waals surface area contributed by atoms with E-state index in [4.69, 9.17) is 4.42 Å². The molecule has 0 aliphatic carbocycles. The minimum atomic E-state index is -4.48. The minimum absolute atomic E-state index is 0.194. The quantitative estimate of drug-likeness (QED) is 0.714. The van der Waals surface area contributed by atoms with Crippen LogP contribution in [-0.2, 0) is 11.1 Å². The van der Waals surface area contributed by atoms with Crippen molar-refractivity contribution in [2.75, 3.05) is 0 Å². The predicted octanol–water partition coefficient (Wildman–Crippen LogP) is 2.89. The molecule has 0 saturated heterocycles. The van der Waals surface area contributed by atoms with Crippen LogP contribution in [0.15, 0.2) is 34.7 Å². The van der Waals surface area contributed by atoms with Gasteiger partial charge in [0, 0.05) is 6.54 Å². The van der Waals surface area contributed by atoms with E-state index in [0.29, 0.717) is 17.9 Å². The number of rotatable bonds is 4. The van der Waals surface area contributed by atoms with Gasteiger partial charge in [0.1, 0.15) is 5.52 Å². The smallest absolute Gasteiger partial charge is 0.391 e. The SMILES string of the molecule is CC(C)Cn1c(-c2ccc(P(=O)(O)O)o2)nc2c(F)cccc21. The van der Waals surface area contributed by atoms with E-state index in [1.807, 2.05) is 13.8 Å². The van der Waals surface area contributed by atoms with Crippen molar-refractivity contribution in [2.24, 2.45) is 5.92 Å². The first-order valence-corrected chi connectivity index (χ1v) is 8.69. The number of hydrogen-bond donors (Lipinski definition) is 2. The maximum Gasteiger partial charge on any atom is 0.391 e. The second-order valence-corrected chi connectivity index (χ2v) is 7.26. The summed E-state index contributed by atoms with van der Waals surface area (Å²) in [5.74, 6) is 0.358. The van der Waals surface area contributed by atoms with E-state index in [9.17, 15) is 18.7 Å². The first-order chi connectivity index (χ1) is 10.8. The lowest BCUT2D eigenvalue weighted by molar-refractivity contribution is 0.377. The van der Waals surface area contributed by atoms with Gasteiger partial charge in [0.2, 0.25) is 5.50 Å². The fourth-order valence-electron chi connectivity index (χ4n) is 2.46. The summed E-state index contributed by atoms with van der Waals surface area (Å²) in [6.07, 6.45) is 0. The Labute approximate surface area is 131 Å². The number of benzene rings is 1. The van der Waals surface area contributed by atoms with E-state index in [0.717, 1.165) is 0 Å². The lowest BCUT2D eigenvalue weighted by Crippen LogP contribution is -2.06. The third-order valence-corrected chi connectivity index (χ3v) is 4.19. The average molecular weight is 338 g/mol. The summed E-state index contributed by atoms with van der Waals surface area (Å²) in [4.78, 5) is 22.6. The molecule has 0 amide bonds. The van der Waals surface area contributed by atoms with Gasteiger partial charge < -0.3 is 18.8 Å². The molecule has 2 heterocycles. The van der Waals surface area contributed by atoms with Crippen molar-refractivity contribution in [3.63, 3.8) is 0 Å². The van der Waals surface area contributed by atoms with Gasteiger partial charge in [0.05, 0.1) is 5.52 Å². The molecule has 0 spiro atoms. The molecule has 23 heavy (non-hydrogen) atoms. The number of aromatic nitrogens is 2. The Bertz CT molecular complexity index is 909. The largest absolute Gasteiger partial charge is 0.445 e. The van der Waals surface area contributed by atoms with Gasteiger partial charge in [-0.3, -0.25) is 4.57 Å². The molecule has 0 aliphatic rings. The van der Waals surface area contributed by atoms with Crippen LogP contribution in [0.4, 0.5) is 4.39 Å². The Hall–Kier alpha value is -1.95. The molecule has 0 unspecified atom stereocenters. The van der Waals surface area contributed by atoms with Gasteiger partial charge in [-0.2, -0.15) is 0 Å². The molecule has 0 atom stereocenters. The summed E-state index contributed by atoms with van der Waals surface area (Å²) in [7, 11) is -4.48. The van der Waals surface area contributed by atoms with Crippen molar-refractivity contribution >= 4 is 24.1 Å². The molecule has 2 N–H and O–H groups in total. The molecule has 0 radical (unpaired) electrons. The van der Waals surface area contributed by atoms with Gasteiger partial charge in [0.15, 0.2) is 17.4 Å². The summed E-state index contributed by atoms with van der Waals surface area (Å²) >= 11 is 0. The van der Waals surface area contributed by atoms with Gasteiger partial charge >= 0.3 is 7.60 Å². The number of imidazole rings is 1. The van der Waals surface area contributed by atoms with Gasteiger partial charge in [-0.15, -0.1) is 0 Å². The van der Waals surface area contributed by atoms with Gasteiger partial charge in [0.25, 0.3) is 0 Å². The molecule has 0 aliphatic heterocycles. The Morgan fingerprint density at radius 3 is 2.65 bits per heavy atom. The molecule has 1 aromatic carbocycles. The zero-order chi connectivity index (χ0) is 16.8. The van der Waals surface area contributed by atoms with Crippen molar-refractivity contribution in [1.82, 2.24) is 9.55 Å². The second kappa shape index (κ2) is 5.60. The lowest BCUT2D eigenvalue weighted by Gasteiger charge is -2.10. The number of para-hydroxylation sites is 1. The summed E-state index contributed by atoms with van der Waals surface area (Å²) < 4.78 is 32.3. The van der Waals surface area contributed by atoms with Crippen LogP contribution in [0.3, 0.4) is 0 Å². The van der Waals surface area contributed by atoms with Gasteiger partial charge in [-0.05, 0) is 30.2 Å². The zero-order valence-corrected chi connectivity index (χ0v) is 13.5. The highest BCUT2D eigenvalue weighted by atomic mass is 31.2. The Kier molecular flexibility index (Phi) is 3.88. The van der Waals surface area contributed by atoms with E-state index in [2.05, 4.69) is 4.98 Å². The van der Waals surface area contributed by atoms with E-state index < -0.39 is 18.9 Å². The van der Waals surface area contributed by atoms with E-state index in [-0.39, 0.29) is 17.2 Å². The fourth-order valence-corrected chi connectivity index (χ4v) is 2.94. The number of nitrogens with zero attached hydrogens (tertiary/aromatic N) is 2. The van der Waals surface area contributed by atoms with E-state index in [1.54, 1.807) is 16.7 Å². The molecule has 0 saturated carbocycles. The number of hydrogen-bond acceptors (Lipinski definition) is 3. The molecule has 0 fully saturated rings. The topological polar surface area (TPSA) is 88.5 Å². The third kappa shape index (κ3) is 2.95. The normalized spacial score (nSPS) is 12.4.